The number of carbonyl (C=O) groups is 1. The summed E-state index contributed by atoms with van der Waals surface area (Å²) in [4.78, 5) is 15.3. The number of aryl methyl sites for hydroxylation is 1. The van der Waals surface area contributed by atoms with Gasteiger partial charge in [-0.2, -0.15) is 0 Å². The number of rotatable bonds is 2. The Bertz CT molecular complexity index is 354. The fraction of sp³-hybridized carbons (Fsp3) is 0.636. The lowest BCUT2D eigenvalue weighted by Crippen LogP contribution is -2.16. The molecule has 3 nitrogen and oxygen atoms in total. The van der Waals surface area contributed by atoms with Crippen LogP contribution in [0.1, 0.15) is 54.6 Å². The van der Waals surface area contributed by atoms with Gasteiger partial charge < -0.3 is 4.57 Å². The molecule has 1 atom stereocenters. The lowest BCUT2D eigenvalue weighted by atomic mass is 9.96. The van der Waals surface area contributed by atoms with Gasteiger partial charge in [-0.3, -0.25) is 4.79 Å². The summed E-state index contributed by atoms with van der Waals surface area (Å²) in [6.45, 7) is 5.30. The normalized spacial score (nSPS) is 20.6. The van der Waals surface area contributed by atoms with Crippen LogP contribution in [0.25, 0.3) is 0 Å². The van der Waals surface area contributed by atoms with Crippen LogP contribution in [-0.4, -0.2) is 15.8 Å². The van der Waals surface area contributed by atoms with Crippen LogP contribution in [0.15, 0.2) is 0 Å². The molecule has 1 aliphatic rings. The molecule has 14 heavy (non-hydrogen) atoms. The predicted molar refractivity (Wildman–Crippen MR) is 54.6 cm³/mol. The fourth-order valence-corrected chi connectivity index (χ4v) is 2.35. The maximum Gasteiger partial charge on any atom is 0.170 e. The molecule has 1 aromatic heterocycles. The average Bonchev–Trinajstić information content (AvgIpc) is 2.57. The zero-order chi connectivity index (χ0) is 10.1. The topological polar surface area (TPSA) is 34.9 Å². The summed E-state index contributed by atoms with van der Waals surface area (Å²) in [5.74, 6) is 1.55. The molecule has 1 unspecified atom stereocenters. The van der Waals surface area contributed by atoms with E-state index in [2.05, 4.69) is 23.4 Å². The number of nitrogens with zero attached hydrogens (tertiary/aromatic N) is 2. The van der Waals surface area contributed by atoms with Crippen molar-refractivity contribution in [1.29, 1.82) is 0 Å². The van der Waals surface area contributed by atoms with Crippen molar-refractivity contribution >= 4 is 6.29 Å². The molecule has 0 aromatic carbocycles. The lowest BCUT2D eigenvalue weighted by Gasteiger charge is -2.22. The van der Waals surface area contributed by atoms with Gasteiger partial charge in [-0.25, -0.2) is 4.98 Å². The average molecular weight is 192 g/mol. The molecule has 0 spiro atoms. The Labute approximate surface area is 84.1 Å². The standard InChI is InChI=1S/C11H16N2O/c1-3-10-12-9(7-14)11-8(2)5-4-6-13(10)11/h7-8H,3-6H2,1-2H3. The first-order valence-electron chi connectivity index (χ1n) is 5.32. The molecule has 0 saturated heterocycles. The first-order chi connectivity index (χ1) is 6.77. The molecule has 3 heteroatoms. The fourth-order valence-electron chi connectivity index (χ4n) is 2.35. The number of carbonyl (C=O) groups excluding carboxylic acids is 1. The van der Waals surface area contributed by atoms with Gasteiger partial charge in [0.05, 0.1) is 5.69 Å². The van der Waals surface area contributed by atoms with Crippen LogP contribution >= 0.6 is 0 Å². The Kier molecular flexibility index (Phi) is 2.40. The van der Waals surface area contributed by atoms with Crippen molar-refractivity contribution in [1.82, 2.24) is 9.55 Å². The Hall–Kier alpha value is -1.12. The third kappa shape index (κ3) is 1.27. The van der Waals surface area contributed by atoms with Gasteiger partial charge in [-0.15, -0.1) is 0 Å². The molecule has 0 saturated carbocycles. The highest BCUT2D eigenvalue weighted by molar-refractivity contribution is 5.74. The zero-order valence-electron chi connectivity index (χ0n) is 8.79. The van der Waals surface area contributed by atoms with Crippen LogP contribution in [0, 0.1) is 0 Å². The van der Waals surface area contributed by atoms with Gasteiger partial charge in [-0.1, -0.05) is 13.8 Å². The maximum absolute atomic E-state index is 10.9. The molecule has 0 N–H and O–H groups in total. The lowest BCUT2D eigenvalue weighted by molar-refractivity contribution is 0.111. The molecule has 1 aromatic rings. The summed E-state index contributed by atoms with van der Waals surface area (Å²) < 4.78 is 2.23. The first kappa shape index (κ1) is 9.44. The van der Waals surface area contributed by atoms with Crippen LogP contribution in [0.3, 0.4) is 0 Å². The second-order valence-electron chi connectivity index (χ2n) is 3.96. The maximum atomic E-state index is 10.9. The molecule has 76 valence electrons. The minimum absolute atomic E-state index is 0.483. The third-order valence-corrected chi connectivity index (χ3v) is 3.03. The van der Waals surface area contributed by atoms with Crippen LogP contribution < -0.4 is 0 Å². The van der Waals surface area contributed by atoms with Gasteiger partial charge in [-0.05, 0) is 18.8 Å². The van der Waals surface area contributed by atoms with Gasteiger partial charge in [0.1, 0.15) is 11.5 Å². The molecule has 0 bridgehead atoms. The van der Waals surface area contributed by atoms with Crippen molar-refractivity contribution in [2.75, 3.05) is 0 Å². The van der Waals surface area contributed by atoms with Crippen molar-refractivity contribution in [3.8, 4) is 0 Å². The van der Waals surface area contributed by atoms with E-state index in [0.717, 1.165) is 30.8 Å². The highest BCUT2D eigenvalue weighted by atomic mass is 16.1. The van der Waals surface area contributed by atoms with E-state index in [1.165, 1.54) is 12.8 Å². The second-order valence-corrected chi connectivity index (χ2v) is 3.96. The number of hydrogen-bond acceptors (Lipinski definition) is 2. The molecule has 1 aliphatic heterocycles. The molecule has 0 radical (unpaired) electrons. The van der Waals surface area contributed by atoms with Crippen molar-refractivity contribution in [2.24, 2.45) is 0 Å². The van der Waals surface area contributed by atoms with Crippen molar-refractivity contribution in [3.63, 3.8) is 0 Å². The van der Waals surface area contributed by atoms with Gasteiger partial charge in [0.2, 0.25) is 0 Å². The molecule has 2 rings (SSSR count). The Morgan fingerprint density at radius 3 is 3.07 bits per heavy atom. The monoisotopic (exact) mass is 192 g/mol. The van der Waals surface area contributed by atoms with Crippen LogP contribution in [0.2, 0.25) is 0 Å². The SMILES string of the molecule is CCc1nc(C=O)c2n1CCCC2C. The number of imidazole rings is 1. The van der Waals surface area contributed by atoms with Crippen molar-refractivity contribution in [2.45, 2.75) is 45.6 Å². The summed E-state index contributed by atoms with van der Waals surface area (Å²) in [7, 11) is 0. The van der Waals surface area contributed by atoms with E-state index in [1.54, 1.807) is 0 Å². The highest BCUT2D eigenvalue weighted by Crippen LogP contribution is 2.29. The van der Waals surface area contributed by atoms with E-state index in [-0.39, 0.29) is 0 Å². The van der Waals surface area contributed by atoms with E-state index in [1.807, 2.05) is 0 Å². The molecule has 0 aliphatic carbocycles. The Morgan fingerprint density at radius 2 is 2.43 bits per heavy atom. The second kappa shape index (κ2) is 3.56. The zero-order valence-corrected chi connectivity index (χ0v) is 8.79. The van der Waals surface area contributed by atoms with E-state index in [4.69, 9.17) is 0 Å². The van der Waals surface area contributed by atoms with E-state index >= 15 is 0 Å². The Balaban J connectivity index is 2.55. The smallest absolute Gasteiger partial charge is 0.170 e. The van der Waals surface area contributed by atoms with Crippen LogP contribution in [0.5, 0.6) is 0 Å². The molecule has 0 fully saturated rings. The van der Waals surface area contributed by atoms with Crippen molar-refractivity contribution < 1.29 is 4.79 Å². The summed E-state index contributed by atoms with van der Waals surface area (Å²) in [6.07, 6.45) is 4.19. The van der Waals surface area contributed by atoms with Gasteiger partial charge in [0.15, 0.2) is 6.29 Å². The minimum Gasteiger partial charge on any atom is -0.331 e. The number of fused-ring (bicyclic) bond motifs is 1. The Morgan fingerprint density at radius 1 is 1.64 bits per heavy atom. The molecule has 0 amide bonds. The third-order valence-electron chi connectivity index (χ3n) is 3.03. The molecular formula is C11H16N2O. The summed E-state index contributed by atoms with van der Waals surface area (Å²) >= 11 is 0. The predicted octanol–water partition coefficient (Wildman–Crippen LogP) is 2.16. The number of aldehydes is 1. The molecule has 2 heterocycles. The number of aromatic nitrogens is 2. The van der Waals surface area contributed by atoms with Crippen LogP contribution in [-0.2, 0) is 13.0 Å². The molecular weight excluding hydrogens is 176 g/mol. The largest absolute Gasteiger partial charge is 0.331 e. The van der Waals surface area contributed by atoms with E-state index < -0.39 is 0 Å². The summed E-state index contributed by atoms with van der Waals surface area (Å²) in [5.41, 5.74) is 1.82. The first-order valence-corrected chi connectivity index (χ1v) is 5.32. The van der Waals surface area contributed by atoms with Crippen molar-refractivity contribution in [3.05, 3.63) is 17.2 Å². The van der Waals surface area contributed by atoms with Gasteiger partial charge in [0, 0.05) is 13.0 Å². The van der Waals surface area contributed by atoms with E-state index in [0.29, 0.717) is 11.6 Å². The highest BCUT2D eigenvalue weighted by Gasteiger charge is 2.23. The summed E-state index contributed by atoms with van der Waals surface area (Å²) in [5, 5.41) is 0. The number of hydrogen-bond donors (Lipinski definition) is 0. The quantitative estimate of drug-likeness (QED) is 0.673. The summed E-state index contributed by atoms with van der Waals surface area (Å²) in [6, 6.07) is 0. The van der Waals surface area contributed by atoms with E-state index in [9.17, 15) is 4.79 Å². The van der Waals surface area contributed by atoms with Crippen LogP contribution in [0.4, 0.5) is 0 Å². The minimum atomic E-state index is 0.483. The van der Waals surface area contributed by atoms with Gasteiger partial charge in [0.25, 0.3) is 0 Å². The van der Waals surface area contributed by atoms with Gasteiger partial charge >= 0.3 is 0 Å².